The number of thiazole rings is 1. The Bertz CT molecular complexity index is 1840. The number of anilines is 1. The molecule has 1 saturated carbocycles. The molecule has 0 amide bonds. The van der Waals surface area contributed by atoms with Crippen LogP contribution in [-0.4, -0.2) is 10.7 Å². The summed E-state index contributed by atoms with van der Waals surface area (Å²) in [6, 6.07) is 26.4. The molecule has 3 aromatic carbocycles. The third-order valence-corrected chi connectivity index (χ3v) is 9.60. The maximum Gasteiger partial charge on any atom is 0.345 e. The fraction of sp³-hybridized carbons (Fsp3) is 0.156. The highest BCUT2D eigenvalue weighted by Gasteiger charge is 2.43. The van der Waals surface area contributed by atoms with Crippen molar-refractivity contribution in [3.63, 3.8) is 0 Å². The molecule has 5 aromatic rings. The molecule has 5 nitrogen and oxygen atoms in total. The van der Waals surface area contributed by atoms with Crippen LogP contribution in [0.15, 0.2) is 114 Å². The van der Waals surface area contributed by atoms with Crippen LogP contribution in [0.4, 0.5) is 5.13 Å². The van der Waals surface area contributed by atoms with Gasteiger partial charge in [-0.25, -0.2) is 14.8 Å². The number of hydrazone groups is 1. The fourth-order valence-electron chi connectivity index (χ4n) is 5.64. The molecule has 0 unspecified atom stereocenters. The molecule has 198 valence electrons. The number of benzene rings is 3. The monoisotopic (exact) mass is 671 g/mol. The first-order valence-corrected chi connectivity index (χ1v) is 15.5. The van der Waals surface area contributed by atoms with Crippen molar-refractivity contribution in [2.24, 2.45) is 11.0 Å². The van der Waals surface area contributed by atoms with E-state index < -0.39 is 0 Å². The predicted octanol–water partition coefficient (Wildman–Crippen LogP) is 9.24. The minimum absolute atomic E-state index is 0.0173. The Morgan fingerprint density at radius 2 is 1.73 bits per heavy atom. The number of aromatic nitrogens is 1. The first-order valence-electron chi connectivity index (χ1n) is 13.1. The minimum Gasteiger partial charge on any atom is -0.422 e. The predicted molar refractivity (Wildman–Crippen MR) is 170 cm³/mol. The molecule has 0 bridgehead atoms. The number of halogens is 2. The molecule has 1 aliphatic carbocycles. The maximum atomic E-state index is 12.9. The van der Waals surface area contributed by atoms with Crippen molar-refractivity contribution in [1.29, 1.82) is 0 Å². The standard InChI is InChI=1S/C32H23Br2N3O2S/c33-23-12-8-19(9-13-23)16-22-5-3-6-25-29(22)36-37(30(25)20-10-14-24(34)15-11-20)32-35-18-28(40-32)26-17-21-4-1-2-7-27(21)39-31(26)38/h1-2,4,7-18,25,30H,3,5-6H2/b22-16+/t25-,30+/m1/s1. The smallest absolute Gasteiger partial charge is 0.345 e. The SMILES string of the molecule is O=c1oc2ccccc2cc1-c1cnc(N2N=C3/C(=C/c4ccc(Br)cc4)CCC[C@H]3[C@@H]2c2ccc(Br)cc2)s1. The van der Waals surface area contributed by atoms with E-state index in [-0.39, 0.29) is 17.6 Å². The summed E-state index contributed by atoms with van der Waals surface area (Å²) in [4.78, 5) is 18.4. The second-order valence-electron chi connectivity index (χ2n) is 10.0. The Kier molecular flexibility index (Phi) is 6.78. The summed E-state index contributed by atoms with van der Waals surface area (Å²) in [6.45, 7) is 0. The summed E-state index contributed by atoms with van der Waals surface area (Å²) < 4.78 is 7.71. The zero-order valence-corrected chi connectivity index (χ0v) is 25.2. The average Bonchev–Trinajstić information content (AvgIpc) is 3.60. The number of para-hydroxylation sites is 1. The largest absolute Gasteiger partial charge is 0.422 e. The second kappa shape index (κ2) is 10.6. The normalized spacial score (nSPS) is 19.7. The topological polar surface area (TPSA) is 58.7 Å². The summed E-state index contributed by atoms with van der Waals surface area (Å²) in [5.41, 5.74) is 5.50. The number of fused-ring (bicyclic) bond motifs is 2. The van der Waals surface area contributed by atoms with E-state index in [1.165, 1.54) is 28.0 Å². The van der Waals surface area contributed by atoms with Crippen LogP contribution in [0.3, 0.4) is 0 Å². The molecule has 8 heteroatoms. The third kappa shape index (κ3) is 4.78. The van der Waals surface area contributed by atoms with Crippen LogP contribution in [0.1, 0.15) is 36.4 Å². The first-order chi connectivity index (χ1) is 19.5. The van der Waals surface area contributed by atoms with E-state index in [1.807, 2.05) is 30.3 Å². The summed E-state index contributed by atoms with van der Waals surface area (Å²) in [7, 11) is 0. The Morgan fingerprint density at radius 3 is 2.52 bits per heavy atom. The number of hydrogen-bond donors (Lipinski definition) is 0. The molecule has 0 spiro atoms. The first kappa shape index (κ1) is 25.6. The van der Waals surface area contributed by atoms with Gasteiger partial charge in [-0.15, -0.1) is 0 Å². The average molecular weight is 673 g/mol. The second-order valence-corrected chi connectivity index (χ2v) is 12.9. The van der Waals surface area contributed by atoms with Crippen LogP contribution >= 0.6 is 43.2 Å². The Morgan fingerprint density at radius 1 is 0.975 bits per heavy atom. The van der Waals surface area contributed by atoms with Crippen molar-refractivity contribution in [2.75, 3.05) is 5.01 Å². The summed E-state index contributed by atoms with van der Waals surface area (Å²) >= 11 is 8.60. The quantitative estimate of drug-likeness (QED) is 0.179. The van der Waals surface area contributed by atoms with Gasteiger partial charge >= 0.3 is 5.63 Å². The van der Waals surface area contributed by atoms with Gasteiger partial charge in [0.2, 0.25) is 5.13 Å². The number of nitrogens with zero attached hydrogens (tertiary/aromatic N) is 3. The van der Waals surface area contributed by atoms with Gasteiger partial charge < -0.3 is 4.42 Å². The van der Waals surface area contributed by atoms with Gasteiger partial charge in [0.05, 0.1) is 22.2 Å². The molecular weight excluding hydrogens is 650 g/mol. The van der Waals surface area contributed by atoms with E-state index in [9.17, 15) is 4.79 Å². The lowest BCUT2D eigenvalue weighted by Gasteiger charge is -2.29. The number of hydrogen-bond acceptors (Lipinski definition) is 6. The lowest BCUT2D eigenvalue weighted by Crippen LogP contribution is -2.28. The van der Waals surface area contributed by atoms with Gasteiger partial charge in [-0.1, -0.05) is 85.7 Å². The summed E-state index contributed by atoms with van der Waals surface area (Å²) in [5.74, 6) is 0.245. The van der Waals surface area contributed by atoms with Crippen molar-refractivity contribution in [2.45, 2.75) is 25.3 Å². The van der Waals surface area contributed by atoms with Crippen LogP contribution in [0.25, 0.3) is 27.5 Å². The van der Waals surface area contributed by atoms with Gasteiger partial charge in [0, 0.05) is 26.4 Å². The van der Waals surface area contributed by atoms with E-state index in [2.05, 4.69) is 91.5 Å². The van der Waals surface area contributed by atoms with Gasteiger partial charge in [0.25, 0.3) is 0 Å². The Labute approximate surface area is 252 Å². The van der Waals surface area contributed by atoms with Crippen LogP contribution in [0.5, 0.6) is 0 Å². The van der Waals surface area contributed by atoms with Crippen LogP contribution in [0, 0.1) is 5.92 Å². The zero-order chi connectivity index (χ0) is 27.2. The molecule has 2 atom stereocenters. The number of allylic oxidation sites excluding steroid dienone is 1. The van der Waals surface area contributed by atoms with Crippen LogP contribution < -0.4 is 10.6 Å². The zero-order valence-electron chi connectivity index (χ0n) is 21.3. The van der Waals surface area contributed by atoms with Gasteiger partial charge in [0.1, 0.15) is 5.58 Å². The lowest BCUT2D eigenvalue weighted by atomic mass is 9.77. The van der Waals surface area contributed by atoms with Gasteiger partial charge in [-0.3, -0.25) is 0 Å². The molecule has 2 aliphatic rings. The van der Waals surface area contributed by atoms with E-state index in [0.717, 1.165) is 49.3 Å². The number of rotatable bonds is 4. The Balaban J connectivity index is 1.31. The van der Waals surface area contributed by atoms with Crippen molar-refractivity contribution in [3.8, 4) is 10.4 Å². The Hall–Kier alpha value is -3.33. The highest BCUT2D eigenvalue weighted by atomic mass is 79.9. The molecule has 0 radical (unpaired) electrons. The third-order valence-electron chi connectivity index (χ3n) is 7.52. The summed E-state index contributed by atoms with van der Waals surface area (Å²) in [5, 5.41) is 8.96. The molecule has 40 heavy (non-hydrogen) atoms. The van der Waals surface area contributed by atoms with Crippen LogP contribution in [-0.2, 0) is 0 Å². The van der Waals surface area contributed by atoms with Crippen molar-refractivity contribution < 1.29 is 4.42 Å². The molecular formula is C32H23Br2N3O2S. The van der Waals surface area contributed by atoms with E-state index in [1.54, 1.807) is 6.20 Å². The highest BCUT2D eigenvalue weighted by molar-refractivity contribution is 9.10. The van der Waals surface area contributed by atoms with Crippen molar-refractivity contribution >= 4 is 71.1 Å². The maximum absolute atomic E-state index is 12.9. The molecule has 2 aromatic heterocycles. The van der Waals surface area contributed by atoms with Gasteiger partial charge in [-0.2, -0.15) is 5.10 Å². The van der Waals surface area contributed by atoms with Crippen LogP contribution in [0.2, 0.25) is 0 Å². The van der Waals surface area contributed by atoms with Gasteiger partial charge in [0.15, 0.2) is 0 Å². The highest BCUT2D eigenvalue weighted by Crippen LogP contribution is 2.47. The molecule has 7 rings (SSSR count). The van der Waals surface area contributed by atoms with E-state index in [4.69, 9.17) is 14.5 Å². The lowest BCUT2D eigenvalue weighted by molar-refractivity contribution is 0.487. The van der Waals surface area contributed by atoms with Crippen molar-refractivity contribution in [3.05, 3.63) is 121 Å². The molecule has 3 heterocycles. The van der Waals surface area contributed by atoms with Gasteiger partial charge in [-0.05, 0) is 78.4 Å². The fourth-order valence-corrected chi connectivity index (χ4v) is 7.08. The molecule has 1 aliphatic heterocycles. The minimum atomic E-state index is -0.362. The molecule has 1 fully saturated rings. The van der Waals surface area contributed by atoms with E-state index in [0.29, 0.717) is 11.1 Å². The van der Waals surface area contributed by atoms with Crippen molar-refractivity contribution in [1.82, 2.24) is 4.98 Å². The molecule has 0 N–H and O–H groups in total. The van der Waals surface area contributed by atoms with E-state index >= 15 is 0 Å². The summed E-state index contributed by atoms with van der Waals surface area (Å²) in [6.07, 6.45) is 7.19. The molecule has 0 saturated heterocycles.